The van der Waals surface area contributed by atoms with Crippen molar-refractivity contribution in [2.75, 3.05) is 70.6 Å². The van der Waals surface area contributed by atoms with Crippen molar-refractivity contribution in [2.24, 2.45) is 10.2 Å². The minimum Gasteiger partial charge on any atom is -0.378 e. The predicted molar refractivity (Wildman–Crippen MR) is 181 cm³/mol. The van der Waals surface area contributed by atoms with Gasteiger partial charge < -0.3 is 24.2 Å². The van der Waals surface area contributed by atoms with Crippen molar-refractivity contribution < 1.29 is 9.47 Å². The van der Waals surface area contributed by atoms with Crippen molar-refractivity contribution in [3.8, 4) is 0 Å². The molecule has 0 N–H and O–H groups in total. The summed E-state index contributed by atoms with van der Waals surface area (Å²) in [6.45, 7) is 13.2. The highest BCUT2D eigenvalue weighted by atomic mass is 16.5. The molecular weight excluding hydrogens is 546 g/mol. The van der Waals surface area contributed by atoms with Crippen molar-refractivity contribution in [3.63, 3.8) is 0 Å². The van der Waals surface area contributed by atoms with Gasteiger partial charge in [0.15, 0.2) is 0 Å². The van der Waals surface area contributed by atoms with Gasteiger partial charge in [0.2, 0.25) is 0 Å². The fourth-order valence-corrected chi connectivity index (χ4v) is 7.11. The molecule has 2 aliphatic carbocycles. The number of rotatable bonds is 10. The average Bonchev–Trinajstić information content (AvgIpc) is 3.69. The van der Waals surface area contributed by atoms with Gasteiger partial charge in [-0.15, -0.1) is 0 Å². The summed E-state index contributed by atoms with van der Waals surface area (Å²) >= 11 is 0. The molecule has 0 bridgehead atoms. The summed E-state index contributed by atoms with van der Waals surface area (Å²) in [4.78, 5) is 7.38. The first-order valence-corrected chi connectivity index (χ1v) is 16.5. The first-order valence-electron chi connectivity index (χ1n) is 16.5. The lowest BCUT2D eigenvalue weighted by Crippen LogP contribution is -2.37. The zero-order valence-electron chi connectivity index (χ0n) is 26.5. The lowest BCUT2D eigenvalue weighted by molar-refractivity contribution is 0.0512. The van der Waals surface area contributed by atoms with Crippen LogP contribution in [-0.4, -0.2) is 87.9 Å². The molecule has 2 fully saturated rings. The van der Waals surface area contributed by atoms with Gasteiger partial charge in [0.25, 0.3) is 0 Å². The lowest BCUT2D eigenvalue weighted by atomic mass is 9.95. The van der Waals surface area contributed by atoms with Gasteiger partial charge in [0.1, 0.15) is 0 Å². The number of nitrogens with zero attached hydrogens (tertiary/aromatic N) is 5. The SMILES string of the molecule is CCN(CC)c1ccc(/C=C2\CCC(/C=N/N=C/C3=C(N4CCOCC4)C(c4ccccc4)CC3)=C2N2CCOCC2)cc1. The second kappa shape index (κ2) is 14.9. The largest absolute Gasteiger partial charge is 0.378 e. The predicted octanol–water partition coefficient (Wildman–Crippen LogP) is 6.52. The molecule has 2 aromatic rings. The molecule has 1 unspecified atom stereocenters. The zero-order chi connectivity index (χ0) is 30.1. The van der Waals surface area contributed by atoms with Crippen LogP contribution in [0.3, 0.4) is 0 Å². The number of hydrogen-bond donors (Lipinski definition) is 0. The fourth-order valence-electron chi connectivity index (χ4n) is 7.11. The topological polar surface area (TPSA) is 52.9 Å². The van der Waals surface area contributed by atoms with Crippen LogP contribution in [-0.2, 0) is 9.47 Å². The molecule has 4 aliphatic rings. The third-order valence-corrected chi connectivity index (χ3v) is 9.37. The Morgan fingerprint density at radius 3 is 2.05 bits per heavy atom. The van der Waals surface area contributed by atoms with E-state index in [2.05, 4.69) is 99.4 Å². The van der Waals surface area contributed by atoms with E-state index < -0.39 is 0 Å². The van der Waals surface area contributed by atoms with Crippen molar-refractivity contribution in [2.45, 2.75) is 45.4 Å². The summed E-state index contributed by atoms with van der Waals surface area (Å²) in [5.74, 6) is 0.402. The van der Waals surface area contributed by atoms with Gasteiger partial charge in [-0.3, -0.25) is 0 Å². The minimum atomic E-state index is 0.402. The lowest BCUT2D eigenvalue weighted by Gasteiger charge is -2.34. The number of ether oxygens (including phenoxy) is 2. The third-order valence-electron chi connectivity index (χ3n) is 9.37. The maximum absolute atomic E-state index is 5.70. The van der Waals surface area contributed by atoms with Crippen LogP contribution in [0.1, 0.15) is 56.6 Å². The Kier molecular flexibility index (Phi) is 10.3. The van der Waals surface area contributed by atoms with Gasteiger partial charge >= 0.3 is 0 Å². The number of hydrogen-bond acceptors (Lipinski definition) is 7. The molecule has 0 aromatic heterocycles. The summed E-state index contributed by atoms with van der Waals surface area (Å²) in [6.07, 6.45) is 10.5. The quantitative estimate of drug-likeness (QED) is 0.232. The molecule has 44 heavy (non-hydrogen) atoms. The Balaban J connectivity index is 1.25. The summed E-state index contributed by atoms with van der Waals surface area (Å²) in [5, 5.41) is 9.30. The second-order valence-corrected chi connectivity index (χ2v) is 11.9. The van der Waals surface area contributed by atoms with E-state index in [-0.39, 0.29) is 0 Å². The van der Waals surface area contributed by atoms with E-state index >= 15 is 0 Å². The van der Waals surface area contributed by atoms with Gasteiger partial charge in [-0.25, -0.2) is 0 Å². The molecule has 1 atom stereocenters. The number of allylic oxidation sites excluding steroid dienone is 4. The normalized spacial score (nSPS) is 22.4. The molecule has 2 heterocycles. The summed E-state index contributed by atoms with van der Waals surface area (Å²) in [5.41, 5.74) is 10.6. The van der Waals surface area contributed by atoms with E-state index in [4.69, 9.17) is 9.47 Å². The summed E-state index contributed by atoms with van der Waals surface area (Å²) < 4.78 is 11.4. The van der Waals surface area contributed by atoms with Gasteiger partial charge in [0.05, 0.1) is 38.9 Å². The molecule has 0 radical (unpaired) electrons. The Hall–Kier alpha value is -3.68. The number of benzene rings is 2. The smallest absolute Gasteiger partial charge is 0.0642 e. The number of anilines is 1. The molecule has 0 saturated carbocycles. The van der Waals surface area contributed by atoms with Gasteiger partial charge in [0, 0.05) is 62.3 Å². The Morgan fingerprint density at radius 1 is 0.750 bits per heavy atom. The molecule has 7 nitrogen and oxygen atoms in total. The highest BCUT2D eigenvalue weighted by molar-refractivity contribution is 5.85. The molecule has 232 valence electrons. The maximum atomic E-state index is 5.70. The van der Waals surface area contributed by atoms with E-state index in [0.717, 1.165) is 91.4 Å². The molecule has 7 heteroatoms. The van der Waals surface area contributed by atoms with Crippen LogP contribution >= 0.6 is 0 Å². The summed E-state index contributed by atoms with van der Waals surface area (Å²) in [6, 6.07) is 19.9. The molecule has 2 aliphatic heterocycles. The van der Waals surface area contributed by atoms with Gasteiger partial charge in [-0.05, 0) is 85.6 Å². The van der Waals surface area contributed by atoms with Gasteiger partial charge in [-0.2, -0.15) is 10.2 Å². The highest BCUT2D eigenvalue weighted by Crippen LogP contribution is 2.41. The molecule has 0 spiro atoms. The van der Waals surface area contributed by atoms with Crippen molar-refractivity contribution >= 4 is 24.2 Å². The van der Waals surface area contributed by atoms with Crippen LogP contribution < -0.4 is 4.90 Å². The maximum Gasteiger partial charge on any atom is 0.0642 e. The van der Waals surface area contributed by atoms with Crippen LogP contribution in [0.5, 0.6) is 0 Å². The third kappa shape index (κ3) is 7.00. The van der Waals surface area contributed by atoms with Crippen molar-refractivity contribution in [1.29, 1.82) is 0 Å². The van der Waals surface area contributed by atoms with E-state index in [1.54, 1.807) is 0 Å². The molecule has 0 amide bonds. The van der Waals surface area contributed by atoms with E-state index in [9.17, 15) is 0 Å². The van der Waals surface area contributed by atoms with E-state index in [1.165, 1.54) is 44.9 Å². The van der Waals surface area contributed by atoms with E-state index in [1.807, 2.05) is 12.4 Å². The Morgan fingerprint density at radius 2 is 1.39 bits per heavy atom. The monoisotopic (exact) mass is 593 g/mol. The molecular formula is C37H47N5O2. The van der Waals surface area contributed by atoms with Crippen LogP contribution in [0.15, 0.2) is 92.9 Å². The van der Waals surface area contributed by atoms with Crippen LogP contribution in [0, 0.1) is 0 Å². The minimum absolute atomic E-state index is 0.402. The van der Waals surface area contributed by atoms with Gasteiger partial charge in [-0.1, -0.05) is 42.5 Å². The van der Waals surface area contributed by atoms with Crippen LogP contribution in [0.4, 0.5) is 5.69 Å². The second-order valence-electron chi connectivity index (χ2n) is 11.9. The van der Waals surface area contributed by atoms with Crippen LogP contribution in [0.2, 0.25) is 0 Å². The van der Waals surface area contributed by atoms with E-state index in [0.29, 0.717) is 5.92 Å². The average molecular weight is 594 g/mol. The Bertz CT molecular complexity index is 1390. The number of morpholine rings is 2. The molecule has 2 aromatic carbocycles. The standard InChI is InChI=1S/C37H47N5O2/c1-3-40(4-2)34-15-10-29(11-16-34)26-31-12-13-32(36(31)41-18-22-43-23-19-41)27-38-39-28-33-14-17-35(30-8-6-5-7-9-30)37(33)42-20-24-44-25-21-42/h5-11,15-16,26-28,35H,3-4,12-14,17-25H2,1-2H3/b31-26+,38-27+,39-28+. The zero-order valence-corrected chi connectivity index (χ0v) is 26.5. The highest BCUT2D eigenvalue weighted by Gasteiger charge is 2.31. The molecule has 6 rings (SSSR count). The first-order chi connectivity index (χ1) is 21.7. The van der Waals surface area contributed by atoms with Crippen molar-refractivity contribution in [3.05, 3.63) is 93.8 Å². The summed E-state index contributed by atoms with van der Waals surface area (Å²) in [7, 11) is 0. The fraction of sp³-hybridized carbons (Fsp3) is 0.459. The van der Waals surface area contributed by atoms with Crippen molar-refractivity contribution in [1.82, 2.24) is 9.80 Å². The first kappa shape index (κ1) is 30.4. The Labute approximate surface area is 263 Å². The van der Waals surface area contributed by atoms with Crippen LogP contribution in [0.25, 0.3) is 6.08 Å². The molecule has 2 saturated heterocycles.